The van der Waals surface area contributed by atoms with Crippen molar-refractivity contribution in [1.29, 1.82) is 0 Å². The molecule has 1 aliphatic heterocycles. The maximum Gasteiger partial charge on any atom is 0.274 e. The van der Waals surface area contributed by atoms with Crippen molar-refractivity contribution in [3.8, 4) is 11.5 Å². The first-order valence-corrected chi connectivity index (χ1v) is 9.71. The maximum atomic E-state index is 12.8. The number of hydrogen-bond donors (Lipinski definition) is 1. The van der Waals surface area contributed by atoms with Crippen LogP contribution in [0.5, 0.6) is 11.5 Å². The van der Waals surface area contributed by atoms with E-state index in [1.54, 1.807) is 38.5 Å². The van der Waals surface area contributed by atoms with Gasteiger partial charge in [0.15, 0.2) is 11.5 Å². The number of aromatic nitrogens is 2. The molecule has 7 nitrogen and oxygen atoms in total. The van der Waals surface area contributed by atoms with E-state index in [4.69, 9.17) is 9.47 Å². The summed E-state index contributed by atoms with van der Waals surface area (Å²) < 4.78 is 10.5. The van der Waals surface area contributed by atoms with Gasteiger partial charge in [-0.25, -0.2) is 9.97 Å². The highest BCUT2D eigenvalue weighted by molar-refractivity contribution is 6.03. The summed E-state index contributed by atoms with van der Waals surface area (Å²) >= 11 is 0. The van der Waals surface area contributed by atoms with E-state index in [9.17, 15) is 4.79 Å². The zero-order valence-corrected chi connectivity index (χ0v) is 17.0. The molecule has 1 amide bonds. The summed E-state index contributed by atoms with van der Waals surface area (Å²) in [4.78, 5) is 24.2. The maximum absolute atomic E-state index is 12.8. The molecule has 1 aromatic heterocycles. The minimum atomic E-state index is -0.274. The van der Waals surface area contributed by atoms with Gasteiger partial charge in [0.05, 0.1) is 14.2 Å². The molecule has 1 atom stereocenters. The molecule has 2 heterocycles. The molecule has 0 aliphatic carbocycles. The van der Waals surface area contributed by atoms with Crippen LogP contribution in [0.1, 0.15) is 48.8 Å². The Hall–Kier alpha value is -2.83. The first-order chi connectivity index (χ1) is 13.5. The normalized spacial score (nSPS) is 16.6. The average molecular weight is 384 g/mol. The minimum absolute atomic E-state index is 0.274. The van der Waals surface area contributed by atoms with Crippen molar-refractivity contribution < 1.29 is 14.3 Å². The molecule has 7 heteroatoms. The van der Waals surface area contributed by atoms with E-state index < -0.39 is 0 Å². The van der Waals surface area contributed by atoms with Gasteiger partial charge in [0, 0.05) is 30.0 Å². The van der Waals surface area contributed by atoms with Gasteiger partial charge in [-0.3, -0.25) is 4.79 Å². The molecular weight excluding hydrogens is 356 g/mol. The number of nitrogens with zero attached hydrogens (tertiary/aromatic N) is 3. The molecule has 1 aliphatic rings. The first-order valence-electron chi connectivity index (χ1n) is 9.71. The van der Waals surface area contributed by atoms with E-state index in [1.807, 2.05) is 6.92 Å². The number of ether oxygens (including phenoxy) is 2. The van der Waals surface area contributed by atoms with Gasteiger partial charge in [-0.1, -0.05) is 6.92 Å². The van der Waals surface area contributed by atoms with Crippen LogP contribution in [0.4, 0.5) is 11.6 Å². The zero-order valence-electron chi connectivity index (χ0n) is 17.0. The number of amides is 1. The number of nitrogens with one attached hydrogen (secondary N) is 1. The van der Waals surface area contributed by atoms with Gasteiger partial charge in [0.2, 0.25) is 5.95 Å². The van der Waals surface area contributed by atoms with Crippen molar-refractivity contribution in [2.45, 2.75) is 45.6 Å². The lowest BCUT2D eigenvalue weighted by atomic mass is 10.0. The fourth-order valence-electron chi connectivity index (χ4n) is 3.60. The number of aryl methyl sites for hydroxylation is 1. The van der Waals surface area contributed by atoms with Crippen molar-refractivity contribution in [3.05, 3.63) is 35.7 Å². The number of piperidine rings is 1. The molecule has 0 radical (unpaired) electrons. The fraction of sp³-hybridized carbons (Fsp3) is 0.476. The third-order valence-electron chi connectivity index (χ3n) is 5.07. The van der Waals surface area contributed by atoms with Crippen molar-refractivity contribution >= 4 is 17.5 Å². The third-order valence-corrected chi connectivity index (χ3v) is 5.07. The predicted molar refractivity (Wildman–Crippen MR) is 110 cm³/mol. The van der Waals surface area contributed by atoms with Crippen LogP contribution in [0.15, 0.2) is 24.3 Å². The zero-order chi connectivity index (χ0) is 20.1. The largest absolute Gasteiger partial charge is 0.493 e. The van der Waals surface area contributed by atoms with Crippen LogP contribution in [0.25, 0.3) is 0 Å². The van der Waals surface area contributed by atoms with E-state index in [1.165, 1.54) is 6.42 Å². The minimum Gasteiger partial charge on any atom is -0.493 e. The summed E-state index contributed by atoms with van der Waals surface area (Å²) in [6.45, 7) is 5.01. The molecule has 0 spiro atoms. The number of hydrogen-bond acceptors (Lipinski definition) is 6. The Bertz CT molecular complexity index is 840. The van der Waals surface area contributed by atoms with E-state index in [0.717, 1.165) is 31.5 Å². The molecule has 28 heavy (non-hydrogen) atoms. The van der Waals surface area contributed by atoms with Crippen LogP contribution in [0, 0.1) is 6.92 Å². The van der Waals surface area contributed by atoms with Crippen molar-refractivity contribution in [2.24, 2.45) is 0 Å². The SMILES string of the molecule is CCC1CCCCN1c1nc(C)cc(C(=O)Nc2ccc(OC)c(OC)c2)n1. The molecule has 0 saturated carbocycles. The Labute approximate surface area is 166 Å². The van der Waals surface area contributed by atoms with Gasteiger partial charge in [-0.05, 0) is 50.8 Å². The van der Waals surface area contributed by atoms with Gasteiger partial charge in [-0.2, -0.15) is 0 Å². The Morgan fingerprint density at radius 1 is 1.18 bits per heavy atom. The number of benzene rings is 1. The summed E-state index contributed by atoms with van der Waals surface area (Å²) in [5.74, 6) is 1.53. The second kappa shape index (κ2) is 8.91. The Kier molecular flexibility index (Phi) is 6.34. The van der Waals surface area contributed by atoms with Gasteiger partial charge in [0.25, 0.3) is 5.91 Å². The summed E-state index contributed by atoms with van der Waals surface area (Å²) in [5.41, 5.74) is 1.76. The highest BCUT2D eigenvalue weighted by atomic mass is 16.5. The number of carbonyl (C=O) groups is 1. The summed E-state index contributed by atoms with van der Waals surface area (Å²) in [6.07, 6.45) is 4.54. The third kappa shape index (κ3) is 4.35. The number of methoxy groups -OCH3 is 2. The highest BCUT2D eigenvalue weighted by Crippen LogP contribution is 2.30. The molecule has 1 unspecified atom stereocenters. The van der Waals surface area contributed by atoms with Crippen molar-refractivity contribution in [3.63, 3.8) is 0 Å². The second-order valence-corrected chi connectivity index (χ2v) is 6.97. The Morgan fingerprint density at radius 3 is 2.68 bits per heavy atom. The number of anilines is 2. The molecule has 1 N–H and O–H groups in total. The fourth-order valence-corrected chi connectivity index (χ4v) is 3.60. The predicted octanol–water partition coefficient (Wildman–Crippen LogP) is 3.82. The first kappa shape index (κ1) is 19.9. The van der Waals surface area contributed by atoms with Crippen LogP contribution in [-0.2, 0) is 0 Å². The molecular formula is C21H28N4O3. The monoisotopic (exact) mass is 384 g/mol. The Balaban J connectivity index is 1.83. The van der Waals surface area contributed by atoms with Gasteiger partial charge >= 0.3 is 0 Å². The van der Waals surface area contributed by atoms with Gasteiger partial charge in [0.1, 0.15) is 5.69 Å². The molecule has 0 bridgehead atoms. The van der Waals surface area contributed by atoms with Crippen LogP contribution in [-0.4, -0.2) is 42.7 Å². The molecule has 1 aromatic carbocycles. The van der Waals surface area contributed by atoms with Crippen LogP contribution in [0.2, 0.25) is 0 Å². The smallest absolute Gasteiger partial charge is 0.274 e. The quantitative estimate of drug-likeness (QED) is 0.816. The topological polar surface area (TPSA) is 76.6 Å². The van der Waals surface area contributed by atoms with Gasteiger partial charge in [-0.15, -0.1) is 0 Å². The summed E-state index contributed by atoms with van der Waals surface area (Å²) in [6, 6.07) is 7.39. The van der Waals surface area contributed by atoms with Crippen molar-refractivity contribution in [2.75, 3.05) is 31.0 Å². The van der Waals surface area contributed by atoms with Gasteiger partial charge < -0.3 is 19.7 Å². The second-order valence-electron chi connectivity index (χ2n) is 6.97. The highest BCUT2D eigenvalue weighted by Gasteiger charge is 2.24. The molecule has 3 rings (SSSR count). The molecule has 1 fully saturated rings. The number of rotatable bonds is 6. The molecule has 1 saturated heterocycles. The van der Waals surface area contributed by atoms with Crippen LogP contribution in [0.3, 0.4) is 0 Å². The molecule has 2 aromatic rings. The van der Waals surface area contributed by atoms with E-state index in [2.05, 4.69) is 27.1 Å². The Morgan fingerprint density at radius 2 is 1.96 bits per heavy atom. The standard InChI is InChI=1S/C21H28N4O3/c1-5-16-8-6-7-11-25(16)21-22-14(2)12-17(24-21)20(26)23-15-9-10-18(27-3)19(13-15)28-4/h9-10,12-13,16H,5-8,11H2,1-4H3,(H,23,26). The lowest BCUT2D eigenvalue weighted by Gasteiger charge is -2.35. The number of carbonyl (C=O) groups excluding carboxylic acids is 1. The van der Waals surface area contributed by atoms with E-state index in [0.29, 0.717) is 34.9 Å². The van der Waals surface area contributed by atoms with Crippen molar-refractivity contribution in [1.82, 2.24) is 9.97 Å². The van der Waals surface area contributed by atoms with E-state index in [-0.39, 0.29) is 5.91 Å². The average Bonchev–Trinajstić information content (AvgIpc) is 2.73. The summed E-state index contributed by atoms with van der Waals surface area (Å²) in [5, 5.41) is 2.88. The lowest BCUT2D eigenvalue weighted by molar-refractivity contribution is 0.102. The summed E-state index contributed by atoms with van der Waals surface area (Å²) in [7, 11) is 3.14. The van der Waals surface area contributed by atoms with Crippen LogP contribution < -0.4 is 19.7 Å². The lowest BCUT2D eigenvalue weighted by Crippen LogP contribution is -2.40. The molecule has 150 valence electrons. The van der Waals surface area contributed by atoms with E-state index >= 15 is 0 Å². The van der Waals surface area contributed by atoms with Crippen LogP contribution >= 0.6 is 0 Å².